The van der Waals surface area contributed by atoms with Crippen molar-refractivity contribution >= 4 is 16.9 Å². The van der Waals surface area contributed by atoms with Crippen molar-refractivity contribution in [3.05, 3.63) is 0 Å². The third kappa shape index (κ3) is 3.62. The molecule has 1 atom stereocenters. The maximum Gasteiger partial charge on any atom is 0.157 e. The highest BCUT2D eigenvalue weighted by molar-refractivity contribution is 8.14. The number of hydrogen-bond donors (Lipinski definition) is 1. The standard InChI is InChI=1S/C13H25N3S/c1-4-13(3)10-17-12(15-13)14-8-9-16(5-2)11-6-7-11/h11H,4-10H2,1-3H3,(H,14,15). The Balaban J connectivity index is 1.74. The Morgan fingerprint density at radius 1 is 1.47 bits per heavy atom. The molecule has 1 aliphatic heterocycles. The third-order valence-corrected chi connectivity index (χ3v) is 5.11. The summed E-state index contributed by atoms with van der Waals surface area (Å²) in [5.74, 6) is 1.16. The summed E-state index contributed by atoms with van der Waals surface area (Å²) < 4.78 is 0. The van der Waals surface area contributed by atoms with Crippen LogP contribution in [-0.4, -0.2) is 47.0 Å². The molecule has 0 aromatic rings. The van der Waals surface area contributed by atoms with E-state index in [1.165, 1.54) is 25.8 Å². The molecule has 2 fully saturated rings. The summed E-state index contributed by atoms with van der Waals surface area (Å²) in [6.45, 7) is 10.0. The molecule has 1 heterocycles. The van der Waals surface area contributed by atoms with Gasteiger partial charge in [0.15, 0.2) is 5.17 Å². The van der Waals surface area contributed by atoms with Gasteiger partial charge in [0.2, 0.25) is 0 Å². The number of nitrogens with zero attached hydrogens (tertiary/aromatic N) is 2. The van der Waals surface area contributed by atoms with Crippen molar-refractivity contribution in [2.45, 2.75) is 51.6 Å². The molecule has 1 saturated heterocycles. The molecule has 4 heteroatoms. The highest BCUT2D eigenvalue weighted by Gasteiger charge is 2.30. The van der Waals surface area contributed by atoms with Crippen LogP contribution in [0.15, 0.2) is 4.99 Å². The molecule has 0 bridgehead atoms. The molecule has 17 heavy (non-hydrogen) atoms. The molecule has 1 N–H and O–H groups in total. The van der Waals surface area contributed by atoms with E-state index < -0.39 is 0 Å². The monoisotopic (exact) mass is 255 g/mol. The number of thioether (sulfide) groups is 1. The lowest BCUT2D eigenvalue weighted by Gasteiger charge is -2.21. The molecule has 1 saturated carbocycles. The molecule has 0 spiro atoms. The molecule has 0 amide bonds. The summed E-state index contributed by atoms with van der Waals surface area (Å²) in [6.07, 6.45) is 3.96. The molecular formula is C13H25N3S. The Labute approximate surface area is 109 Å². The molecule has 0 aromatic carbocycles. The average molecular weight is 255 g/mol. The van der Waals surface area contributed by atoms with Gasteiger partial charge in [-0.3, -0.25) is 9.89 Å². The molecule has 1 aliphatic carbocycles. The molecule has 3 nitrogen and oxygen atoms in total. The second-order valence-electron chi connectivity index (χ2n) is 5.37. The van der Waals surface area contributed by atoms with Gasteiger partial charge in [0.25, 0.3) is 0 Å². The Morgan fingerprint density at radius 3 is 2.76 bits per heavy atom. The smallest absolute Gasteiger partial charge is 0.157 e. The average Bonchev–Trinajstić information content (AvgIpc) is 3.10. The van der Waals surface area contributed by atoms with Crippen LogP contribution in [0.3, 0.4) is 0 Å². The first-order chi connectivity index (χ1) is 8.17. The fourth-order valence-electron chi connectivity index (χ4n) is 2.15. The van der Waals surface area contributed by atoms with Crippen molar-refractivity contribution < 1.29 is 0 Å². The van der Waals surface area contributed by atoms with Gasteiger partial charge in [-0.25, -0.2) is 0 Å². The van der Waals surface area contributed by atoms with Crippen LogP contribution in [0.2, 0.25) is 0 Å². The summed E-state index contributed by atoms with van der Waals surface area (Å²) in [5, 5.41) is 4.70. The molecule has 0 aromatic heterocycles. The van der Waals surface area contributed by atoms with Gasteiger partial charge < -0.3 is 5.32 Å². The lowest BCUT2D eigenvalue weighted by atomic mass is 10.0. The van der Waals surface area contributed by atoms with E-state index in [4.69, 9.17) is 4.99 Å². The van der Waals surface area contributed by atoms with Crippen LogP contribution >= 0.6 is 11.8 Å². The summed E-state index contributed by atoms with van der Waals surface area (Å²) in [6, 6.07) is 0.866. The van der Waals surface area contributed by atoms with Crippen molar-refractivity contribution in [1.82, 2.24) is 10.2 Å². The molecule has 2 aliphatic rings. The quantitative estimate of drug-likeness (QED) is 0.789. The Bertz CT molecular complexity index is 288. The highest BCUT2D eigenvalue weighted by Crippen LogP contribution is 2.27. The molecule has 1 unspecified atom stereocenters. The van der Waals surface area contributed by atoms with E-state index in [2.05, 4.69) is 31.0 Å². The van der Waals surface area contributed by atoms with Crippen molar-refractivity contribution in [2.24, 2.45) is 4.99 Å². The van der Waals surface area contributed by atoms with Gasteiger partial charge in [-0.2, -0.15) is 0 Å². The Kier molecular flexibility index (Phi) is 4.36. The number of aliphatic imine (C=N–C) groups is 1. The topological polar surface area (TPSA) is 27.6 Å². The maximum atomic E-state index is 4.69. The minimum absolute atomic E-state index is 0.268. The summed E-state index contributed by atoms with van der Waals surface area (Å²) in [7, 11) is 0. The van der Waals surface area contributed by atoms with Crippen molar-refractivity contribution in [3.8, 4) is 0 Å². The van der Waals surface area contributed by atoms with Gasteiger partial charge in [-0.1, -0.05) is 25.6 Å². The minimum Gasteiger partial charge on any atom is -0.359 e. The number of hydrogen-bond acceptors (Lipinski definition) is 3. The predicted molar refractivity (Wildman–Crippen MR) is 76.9 cm³/mol. The fraction of sp³-hybridized carbons (Fsp3) is 0.923. The minimum atomic E-state index is 0.268. The zero-order valence-electron chi connectivity index (χ0n) is 11.3. The normalized spacial score (nSPS) is 31.2. The first kappa shape index (κ1) is 13.2. The van der Waals surface area contributed by atoms with Crippen LogP contribution in [0.1, 0.15) is 40.0 Å². The number of likely N-dealkylation sites (N-methyl/N-ethyl adjacent to an activating group) is 1. The van der Waals surface area contributed by atoms with Gasteiger partial charge in [-0.15, -0.1) is 0 Å². The van der Waals surface area contributed by atoms with E-state index in [1.807, 2.05) is 11.8 Å². The zero-order valence-corrected chi connectivity index (χ0v) is 12.1. The Morgan fingerprint density at radius 2 is 2.24 bits per heavy atom. The summed E-state index contributed by atoms with van der Waals surface area (Å²) >= 11 is 1.88. The SMILES string of the molecule is CCN(CCN=C1NC(C)(CC)CS1)C1CC1. The van der Waals surface area contributed by atoms with E-state index in [1.54, 1.807) is 0 Å². The maximum absolute atomic E-state index is 4.69. The zero-order chi connectivity index (χ0) is 12.3. The van der Waals surface area contributed by atoms with Crippen LogP contribution in [0.5, 0.6) is 0 Å². The third-order valence-electron chi connectivity index (χ3n) is 3.83. The number of rotatable bonds is 6. The Hall–Kier alpha value is -0.220. The molecule has 2 rings (SSSR count). The van der Waals surface area contributed by atoms with Gasteiger partial charge in [0.05, 0.1) is 6.54 Å². The van der Waals surface area contributed by atoms with Crippen LogP contribution in [0.25, 0.3) is 0 Å². The van der Waals surface area contributed by atoms with E-state index in [0.29, 0.717) is 0 Å². The van der Waals surface area contributed by atoms with Crippen LogP contribution in [0, 0.1) is 0 Å². The largest absolute Gasteiger partial charge is 0.359 e. The summed E-state index contributed by atoms with van der Waals surface area (Å²) in [4.78, 5) is 7.25. The molecular weight excluding hydrogens is 230 g/mol. The van der Waals surface area contributed by atoms with Gasteiger partial charge in [0, 0.05) is 23.9 Å². The summed E-state index contributed by atoms with van der Waals surface area (Å²) in [5.41, 5.74) is 0.268. The molecule has 98 valence electrons. The van der Waals surface area contributed by atoms with Crippen molar-refractivity contribution in [1.29, 1.82) is 0 Å². The second-order valence-corrected chi connectivity index (χ2v) is 6.34. The second kappa shape index (κ2) is 5.61. The number of amidine groups is 1. The number of nitrogens with one attached hydrogen (secondary N) is 1. The van der Waals surface area contributed by atoms with E-state index in [-0.39, 0.29) is 5.54 Å². The van der Waals surface area contributed by atoms with Gasteiger partial charge in [0.1, 0.15) is 0 Å². The van der Waals surface area contributed by atoms with Crippen LogP contribution in [0.4, 0.5) is 0 Å². The lowest BCUT2D eigenvalue weighted by molar-refractivity contribution is 0.286. The van der Waals surface area contributed by atoms with Crippen LogP contribution in [-0.2, 0) is 0 Å². The first-order valence-electron chi connectivity index (χ1n) is 6.86. The fourth-order valence-corrected chi connectivity index (χ4v) is 3.38. The van der Waals surface area contributed by atoms with Crippen molar-refractivity contribution in [2.75, 3.05) is 25.4 Å². The van der Waals surface area contributed by atoms with Crippen molar-refractivity contribution in [3.63, 3.8) is 0 Å². The van der Waals surface area contributed by atoms with E-state index in [0.717, 1.165) is 30.1 Å². The molecule has 0 radical (unpaired) electrons. The van der Waals surface area contributed by atoms with E-state index in [9.17, 15) is 0 Å². The lowest BCUT2D eigenvalue weighted by Crippen LogP contribution is -2.39. The van der Waals surface area contributed by atoms with Gasteiger partial charge in [-0.05, 0) is 32.7 Å². The van der Waals surface area contributed by atoms with Crippen LogP contribution < -0.4 is 5.32 Å². The van der Waals surface area contributed by atoms with E-state index >= 15 is 0 Å². The highest BCUT2D eigenvalue weighted by atomic mass is 32.2. The predicted octanol–water partition coefficient (Wildman–Crippen LogP) is 2.33. The first-order valence-corrected chi connectivity index (χ1v) is 7.85. The van der Waals surface area contributed by atoms with Gasteiger partial charge >= 0.3 is 0 Å².